The standard InChI is InChI=1S/C14H21NO2/c1-10(11-6-2-4-8-13(11)16)15-12-7-3-5-9-14(12)17/h2,4,6,8,10,12,14-17H,3,5,7,9H2,1H3. The number of phenols is 1. The van der Waals surface area contributed by atoms with Crippen molar-refractivity contribution >= 4 is 0 Å². The van der Waals surface area contributed by atoms with Crippen LogP contribution in [0.25, 0.3) is 0 Å². The number of benzene rings is 1. The molecule has 0 aliphatic heterocycles. The molecule has 3 heteroatoms. The molecule has 0 amide bonds. The largest absolute Gasteiger partial charge is 0.508 e. The van der Waals surface area contributed by atoms with Gasteiger partial charge in [0.15, 0.2) is 0 Å². The molecular weight excluding hydrogens is 214 g/mol. The molecule has 1 aliphatic carbocycles. The van der Waals surface area contributed by atoms with Gasteiger partial charge in [-0.1, -0.05) is 31.0 Å². The van der Waals surface area contributed by atoms with Crippen molar-refractivity contribution in [1.82, 2.24) is 5.32 Å². The number of nitrogens with one attached hydrogen (secondary N) is 1. The van der Waals surface area contributed by atoms with Gasteiger partial charge in [-0.15, -0.1) is 0 Å². The molecule has 0 heterocycles. The third kappa shape index (κ3) is 2.99. The molecule has 1 aromatic rings. The minimum Gasteiger partial charge on any atom is -0.508 e. The lowest BCUT2D eigenvalue weighted by Crippen LogP contribution is -2.43. The van der Waals surface area contributed by atoms with Crippen molar-refractivity contribution in [3.05, 3.63) is 29.8 Å². The Hall–Kier alpha value is -1.06. The van der Waals surface area contributed by atoms with E-state index < -0.39 is 0 Å². The van der Waals surface area contributed by atoms with Crippen molar-refractivity contribution in [1.29, 1.82) is 0 Å². The van der Waals surface area contributed by atoms with Crippen molar-refractivity contribution in [2.45, 2.75) is 50.8 Å². The van der Waals surface area contributed by atoms with Crippen molar-refractivity contribution in [2.75, 3.05) is 0 Å². The predicted molar refractivity (Wildman–Crippen MR) is 67.9 cm³/mol. The average molecular weight is 235 g/mol. The van der Waals surface area contributed by atoms with Gasteiger partial charge in [0.05, 0.1) is 6.10 Å². The first-order valence-corrected chi connectivity index (χ1v) is 6.40. The van der Waals surface area contributed by atoms with Crippen LogP contribution in [0.5, 0.6) is 5.75 Å². The van der Waals surface area contributed by atoms with E-state index in [0.29, 0.717) is 5.75 Å². The Morgan fingerprint density at radius 3 is 2.65 bits per heavy atom. The minimum absolute atomic E-state index is 0.0638. The van der Waals surface area contributed by atoms with E-state index >= 15 is 0 Å². The number of aliphatic hydroxyl groups is 1. The van der Waals surface area contributed by atoms with Crippen LogP contribution >= 0.6 is 0 Å². The van der Waals surface area contributed by atoms with Crippen molar-refractivity contribution < 1.29 is 10.2 Å². The third-order valence-corrected chi connectivity index (χ3v) is 3.60. The maximum absolute atomic E-state index is 9.91. The van der Waals surface area contributed by atoms with Crippen LogP contribution in [-0.4, -0.2) is 22.4 Å². The Morgan fingerprint density at radius 1 is 1.24 bits per heavy atom. The van der Waals surface area contributed by atoms with Crippen molar-refractivity contribution in [3.63, 3.8) is 0 Å². The second-order valence-electron chi connectivity index (χ2n) is 4.91. The maximum Gasteiger partial charge on any atom is 0.120 e. The minimum atomic E-state index is -0.253. The fourth-order valence-corrected chi connectivity index (χ4v) is 2.57. The molecule has 3 unspecified atom stereocenters. The summed E-state index contributed by atoms with van der Waals surface area (Å²) >= 11 is 0. The van der Waals surface area contributed by atoms with Crippen LogP contribution < -0.4 is 5.32 Å². The molecule has 2 rings (SSSR count). The first-order valence-electron chi connectivity index (χ1n) is 6.40. The summed E-state index contributed by atoms with van der Waals surface area (Å²) in [5.41, 5.74) is 0.894. The van der Waals surface area contributed by atoms with Crippen LogP contribution in [0.15, 0.2) is 24.3 Å². The fourth-order valence-electron chi connectivity index (χ4n) is 2.57. The topological polar surface area (TPSA) is 52.5 Å². The molecule has 3 nitrogen and oxygen atoms in total. The maximum atomic E-state index is 9.91. The number of aromatic hydroxyl groups is 1. The molecule has 0 bridgehead atoms. The highest BCUT2D eigenvalue weighted by Gasteiger charge is 2.24. The number of para-hydroxylation sites is 1. The van der Waals surface area contributed by atoms with E-state index in [4.69, 9.17) is 0 Å². The highest BCUT2D eigenvalue weighted by molar-refractivity contribution is 5.34. The summed E-state index contributed by atoms with van der Waals surface area (Å²) in [6, 6.07) is 7.57. The Labute approximate surface area is 102 Å². The average Bonchev–Trinajstić information content (AvgIpc) is 2.32. The number of phenolic OH excluding ortho intramolecular Hbond substituents is 1. The van der Waals surface area contributed by atoms with E-state index in [1.54, 1.807) is 6.07 Å². The van der Waals surface area contributed by atoms with E-state index in [1.807, 2.05) is 25.1 Å². The second-order valence-corrected chi connectivity index (χ2v) is 4.91. The van der Waals surface area contributed by atoms with Gasteiger partial charge < -0.3 is 15.5 Å². The van der Waals surface area contributed by atoms with Crippen LogP contribution in [0.1, 0.15) is 44.2 Å². The summed E-state index contributed by atoms with van der Waals surface area (Å²) in [4.78, 5) is 0. The highest BCUT2D eigenvalue weighted by Crippen LogP contribution is 2.26. The van der Waals surface area contributed by atoms with Gasteiger partial charge >= 0.3 is 0 Å². The van der Waals surface area contributed by atoms with Gasteiger partial charge in [0.1, 0.15) is 5.75 Å². The quantitative estimate of drug-likeness (QED) is 0.753. The van der Waals surface area contributed by atoms with Gasteiger partial charge in [0.25, 0.3) is 0 Å². The molecule has 1 saturated carbocycles. The first kappa shape index (κ1) is 12.4. The Kier molecular flexibility index (Phi) is 4.02. The van der Waals surface area contributed by atoms with Gasteiger partial charge in [0.2, 0.25) is 0 Å². The Bertz CT molecular complexity index is 367. The van der Waals surface area contributed by atoms with E-state index in [9.17, 15) is 10.2 Å². The van der Waals surface area contributed by atoms with E-state index in [-0.39, 0.29) is 18.2 Å². The Balaban J connectivity index is 2.01. The van der Waals surface area contributed by atoms with E-state index in [1.165, 1.54) is 6.42 Å². The zero-order valence-corrected chi connectivity index (χ0v) is 10.3. The summed E-state index contributed by atoms with van der Waals surface area (Å²) in [5, 5.41) is 23.1. The zero-order valence-electron chi connectivity index (χ0n) is 10.3. The lowest BCUT2D eigenvalue weighted by molar-refractivity contribution is 0.0858. The molecule has 3 atom stereocenters. The molecule has 1 aliphatic rings. The lowest BCUT2D eigenvalue weighted by Gasteiger charge is -2.31. The normalized spacial score (nSPS) is 26.7. The molecule has 0 aromatic heterocycles. The van der Waals surface area contributed by atoms with Gasteiger partial charge in [-0.25, -0.2) is 0 Å². The Morgan fingerprint density at radius 2 is 1.94 bits per heavy atom. The van der Waals surface area contributed by atoms with Crippen LogP contribution in [0.2, 0.25) is 0 Å². The van der Waals surface area contributed by atoms with Crippen LogP contribution in [0.4, 0.5) is 0 Å². The molecule has 0 saturated heterocycles. The summed E-state index contributed by atoms with van der Waals surface area (Å²) in [5.74, 6) is 0.317. The summed E-state index contributed by atoms with van der Waals surface area (Å²) < 4.78 is 0. The number of rotatable bonds is 3. The molecule has 0 radical (unpaired) electrons. The van der Waals surface area contributed by atoms with Crippen LogP contribution in [0, 0.1) is 0 Å². The summed E-state index contributed by atoms with van der Waals surface area (Å²) in [6.45, 7) is 2.02. The molecule has 94 valence electrons. The molecule has 1 aromatic carbocycles. The molecular formula is C14H21NO2. The highest BCUT2D eigenvalue weighted by atomic mass is 16.3. The smallest absolute Gasteiger partial charge is 0.120 e. The fraction of sp³-hybridized carbons (Fsp3) is 0.571. The van der Waals surface area contributed by atoms with Crippen molar-refractivity contribution in [3.8, 4) is 5.75 Å². The summed E-state index contributed by atoms with van der Waals surface area (Å²) in [7, 11) is 0. The van der Waals surface area contributed by atoms with Gasteiger partial charge in [-0.2, -0.15) is 0 Å². The monoisotopic (exact) mass is 235 g/mol. The predicted octanol–water partition coefficient (Wildman–Crippen LogP) is 2.35. The first-order chi connectivity index (χ1) is 8.18. The van der Waals surface area contributed by atoms with E-state index in [2.05, 4.69) is 5.32 Å². The number of aliphatic hydroxyl groups excluding tert-OH is 1. The van der Waals surface area contributed by atoms with Crippen molar-refractivity contribution in [2.24, 2.45) is 0 Å². The molecule has 1 fully saturated rings. The van der Waals surface area contributed by atoms with Gasteiger partial charge in [0, 0.05) is 17.6 Å². The molecule has 17 heavy (non-hydrogen) atoms. The van der Waals surface area contributed by atoms with Crippen LogP contribution in [-0.2, 0) is 0 Å². The lowest BCUT2D eigenvalue weighted by atomic mass is 9.91. The second kappa shape index (κ2) is 5.52. The van der Waals surface area contributed by atoms with Gasteiger partial charge in [-0.3, -0.25) is 0 Å². The van der Waals surface area contributed by atoms with Gasteiger partial charge in [-0.05, 0) is 25.8 Å². The SMILES string of the molecule is CC(NC1CCCCC1O)c1ccccc1O. The van der Waals surface area contributed by atoms with Crippen LogP contribution in [0.3, 0.4) is 0 Å². The molecule has 3 N–H and O–H groups in total. The number of hydrogen-bond acceptors (Lipinski definition) is 3. The molecule has 0 spiro atoms. The number of hydrogen-bond donors (Lipinski definition) is 3. The zero-order chi connectivity index (χ0) is 12.3. The third-order valence-electron chi connectivity index (χ3n) is 3.60. The summed E-state index contributed by atoms with van der Waals surface area (Å²) in [6.07, 6.45) is 3.92. The van der Waals surface area contributed by atoms with E-state index in [0.717, 1.165) is 24.8 Å².